The highest BCUT2D eigenvalue weighted by molar-refractivity contribution is 6.31. The molecule has 0 amide bonds. The lowest BCUT2D eigenvalue weighted by atomic mass is 10.1. The molecule has 1 aromatic carbocycles. The van der Waals surface area contributed by atoms with Gasteiger partial charge in [0.2, 0.25) is 0 Å². The van der Waals surface area contributed by atoms with Gasteiger partial charge in [0.1, 0.15) is 0 Å². The molecular formula is C14H15ClN2. The molecule has 17 heavy (non-hydrogen) atoms. The zero-order chi connectivity index (χ0) is 11.7. The molecule has 0 atom stereocenters. The minimum atomic E-state index is 0.709. The first-order chi connectivity index (χ1) is 8.33. The Bertz CT molecular complexity index is 501. The molecule has 1 aliphatic carbocycles. The minimum absolute atomic E-state index is 0.709. The molecule has 1 saturated carbocycles. The van der Waals surface area contributed by atoms with E-state index >= 15 is 0 Å². The molecule has 1 aliphatic rings. The topological polar surface area (TPSA) is 27.8 Å². The third-order valence-electron chi connectivity index (χ3n) is 3.11. The number of hydrogen-bond acceptors (Lipinski definition) is 1. The molecule has 1 fully saturated rings. The third kappa shape index (κ3) is 2.54. The van der Waals surface area contributed by atoms with E-state index in [4.69, 9.17) is 11.6 Å². The number of H-pyrrole nitrogens is 1. The van der Waals surface area contributed by atoms with Gasteiger partial charge in [-0.2, -0.15) is 0 Å². The van der Waals surface area contributed by atoms with E-state index in [-0.39, 0.29) is 0 Å². The minimum Gasteiger partial charge on any atom is -0.361 e. The van der Waals surface area contributed by atoms with Gasteiger partial charge in [0.15, 0.2) is 0 Å². The lowest BCUT2D eigenvalue weighted by Gasteiger charge is -2.08. The van der Waals surface area contributed by atoms with Crippen molar-refractivity contribution in [1.82, 2.24) is 10.3 Å². The Kier molecular flexibility index (Phi) is 2.91. The fourth-order valence-electron chi connectivity index (χ4n) is 1.93. The van der Waals surface area contributed by atoms with Crippen molar-refractivity contribution >= 4 is 11.6 Å². The summed E-state index contributed by atoms with van der Waals surface area (Å²) in [5.41, 5.74) is 3.49. The molecule has 0 bridgehead atoms. The Morgan fingerprint density at radius 3 is 2.88 bits per heavy atom. The van der Waals surface area contributed by atoms with Gasteiger partial charge in [0.05, 0.1) is 0 Å². The van der Waals surface area contributed by atoms with E-state index in [9.17, 15) is 0 Å². The second kappa shape index (κ2) is 4.55. The van der Waals surface area contributed by atoms with E-state index in [0.29, 0.717) is 6.04 Å². The average Bonchev–Trinajstić information content (AvgIpc) is 3.00. The number of nitrogens with one attached hydrogen (secondary N) is 2. The zero-order valence-corrected chi connectivity index (χ0v) is 10.3. The summed E-state index contributed by atoms with van der Waals surface area (Å²) < 4.78 is 0. The molecule has 2 N–H and O–H groups in total. The quantitative estimate of drug-likeness (QED) is 0.848. The van der Waals surface area contributed by atoms with Crippen LogP contribution in [0, 0.1) is 0 Å². The number of benzene rings is 1. The second-order valence-corrected chi connectivity index (χ2v) is 4.95. The number of aromatic nitrogens is 1. The van der Waals surface area contributed by atoms with Crippen LogP contribution in [-0.2, 0) is 6.54 Å². The van der Waals surface area contributed by atoms with Crippen molar-refractivity contribution in [3.05, 3.63) is 47.1 Å². The van der Waals surface area contributed by atoms with E-state index in [1.54, 1.807) is 0 Å². The monoisotopic (exact) mass is 246 g/mol. The Balaban J connectivity index is 1.83. The van der Waals surface area contributed by atoms with Gasteiger partial charge in [0, 0.05) is 29.5 Å². The summed E-state index contributed by atoms with van der Waals surface area (Å²) in [5, 5.41) is 4.33. The molecule has 1 aromatic heterocycles. The Labute approximate surface area is 106 Å². The van der Waals surface area contributed by atoms with Gasteiger partial charge >= 0.3 is 0 Å². The summed E-state index contributed by atoms with van der Waals surface area (Å²) in [4.78, 5) is 3.21. The van der Waals surface area contributed by atoms with E-state index in [1.165, 1.54) is 24.0 Å². The summed E-state index contributed by atoms with van der Waals surface area (Å²) in [6.07, 6.45) is 4.54. The van der Waals surface area contributed by atoms with Crippen molar-refractivity contribution in [3.8, 4) is 11.3 Å². The van der Waals surface area contributed by atoms with Gasteiger partial charge in [-0.3, -0.25) is 0 Å². The highest BCUT2D eigenvalue weighted by Crippen LogP contribution is 2.25. The second-order valence-electron chi connectivity index (χ2n) is 4.55. The summed E-state index contributed by atoms with van der Waals surface area (Å²) in [6, 6.07) is 11.0. The molecule has 3 heteroatoms. The van der Waals surface area contributed by atoms with Crippen LogP contribution in [-0.4, -0.2) is 11.0 Å². The molecule has 88 valence electrons. The van der Waals surface area contributed by atoms with E-state index in [1.807, 2.05) is 18.3 Å². The number of rotatable bonds is 4. The summed E-state index contributed by atoms with van der Waals surface area (Å²) in [6.45, 7) is 0.859. The first-order valence-electron chi connectivity index (χ1n) is 5.98. The Morgan fingerprint density at radius 2 is 2.18 bits per heavy atom. The van der Waals surface area contributed by atoms with Crippen molar-refractivity contribution < 1.29 is 0 Å². The van der Waals surface area contributed by atoms with Crippen LogP contribution in [0.3, 0.4) is 0 Å². The van der Waals surface area contributed by atoms with Crippen LogP contribution in [0.2, 0.25) is 5.02 Å². The number of hydrogen-bond donors (Lipinski definition) is 2. The van der Waals surface area contributed by atoms with Crippen LogP contribution in [0.25, 0.3) is 11.3 Å². The predicted molar refractivity (Wildman–Crippen MR) is 71.1 cm³/mol. The van der Waals surface area contributed by atoms with E-state index in [0.717, 1.165) is 17.3 Å². The van der Waals surface area contributed by atoms with Crippen molar-refractivity contribution in [2.45, 2.75) is 25.4 Å². The zero-order valence-electron chi connectivity index (χ0n) is 9.54. The van der Waals surface area contributed by atoms with Crippen LogP contribution < -0.4 is 5.32 Å². The maximum atomic E-state index is 6.21. The summed E-state index contributed by atoms with van der Waals surface area (Å²) >= 11 is 6.21. The van der Waals surface area contributed by atoms with Crippen LogP contribution >= 0.6 is 11.6 Å². The third-order valence-corrected chi connectivity index (χ3v) is 3.48. The van der Waals surface area contributed by atoms with E-state index in [2.05, 4.69) is 28.5 Å². The van der Waals surface area contributed by atoms with Gasteiger partial charge in [-0.1, -0.05) is 17.7 Å². The summed E-state index contributed by atoms with van der Waals surface area (Å²) in [5.74, 6) is 0. The van der Waals surface area contributed by atoms with Crippen LogP contribution in [0.15, 0.2) is 36.5 Å². The molecule has 0 aliphatic heterocycles. The predicted octanol–water partition coefficient (Wildman–Crippen LogP) is 3.59. The molecule has 3 rings (SSSR count). The number of aromatic amines is 1. The van der Waals surface area contributed by atoms with Crippen molar-refractivity contribution in [2.75, 3.05) is 0 Å². The molecule has 1 heterocycles. The SMILES string of the molecule is Clc1ccc(-c2ccc[nH]2)cc1CNC1CC1. The van der Waals surface area contributed by atoms with Crippen LogP contribution in [0.4, 0.5) is 0 Å². The number of halogens is 1. The molecule has 0 spiro atoms. The highest BCUT2D eigenvalue weighted by atomic mass is 35.5. The van der Waals surface area contributed by atoms with Crippen LogP contribution in [0.1, 0.15) is 18.4 Å². The summed E-state index contributed by atoms with van der Waals surface area (Å²) in [7, 11) is 0. The molecule has 2 aromatic rings. The van der Waals surface area contributed by atoms with Gasteiger partial charge < -0.3 is 10.3 Å². The van der Waals surface area contributed by atoms with Crippen molar-refractivity contribution in [2.24, 2.45) is 0 Å². The highest BCUT2D eigenvalue weighted by Gasteiger charge is 2.20. The molecule has 0 unspecified atom stereocenters. The average molecular weight is 247 g/mol. The maximum Gasteiger partial charge on any atom is 0.0454 e. The van der Waals surface area contributed by atoms with Crippen molar-refractivity contribution in [1.29, 1.82) is 0 Å². The van der Waals surface area contributed by atoms with Gasteiger partial charge in [-0.15, -0.1) is 0 Å². The van der Waals surface area contributed by atoms with E-state index < -0.39 is 0 Å². The Hall–Kier alpha value is -1.25. The lowest BCUT2D eigenvalue weighted by Crippen LogP contribution is -2.15. The molecule has 0 saturated heterocycles. The van der Waals surface area contributed by atoms with Gasteiger partial charge in [0.25, 0.3) is 0 Å². The van der Waals surface area contributed by atoms with Crippen molar-refractivity contribution in [3.63, 3.8) is 0 Å². The normalized spacial score (nSPS) is 15.1. The molecule has 0 radical (unpaired) electrons. The first kappa shape index (κ1) is 10.9. The Morgan fingerprint density at radius 1 is 1.29 bits per heavy atom. The standard InChI is InChI=1S/C14H15ClN2/c15-13-6-3-10(14-2-1-7-16-14)8-11(13)9-17-12-4-5-12/h1-3,6-8,12,16-17H,4-5,9H2. The largest absolute Gasteiger partial charge is 0.361 e. The molecule has 2 nitrogen and oxygen atoms in total. The molecular weight excluding hydrogens is 232 g/mol. The smallest absolute Gasteiger partial charge is 0.0454 e. The van der Waals surface area contributed by atoms with Gasteiger partial charge in [-0.25, -0.2) is 0 Å². The lowest BCUT2D eigenvalue weighted by molar-refractivity contribution is 0.688. The fraction of sp³-hybridized carbons (Fsp3) is 0.286. The van der Waals surface area contributed by atoms with Crippen LogP contribution in [0.5, 0.6) is 0 Å². The van der Waals surface area contributed by atoms with Gasteiger partial charge in [-0.05, 0) is 48.2 Å². The fourth-order valence-corrected chi connectivity index (χ4v) is 2.11. The first-order valence-corrected chi connectivity index (χ1v) is 6.36. The maximum absolute atomic E-state index is 6.21.